The highest BCUT2D eigenvalue weighted by molar-refractivity contribution is 5.96. The quantitative estimate of drug-likeness (QED) is 0.802. The molecule has 136 valence electrons. The Kier molecular flexibility index (Phi) is 6.43. The monoisotopic (exact) mass is 359 g/mol. The lowest BCUT2D eigenvalue weighted by atomic mass is 10.1. The Hall–Kier alpha value is -3.22. The summed E-state index contributed by atoms with van der Waals surface area (Å²) in [5, 5.41) is 2.56. The van der Waals surface area contributed by atoms with Gasteiger partial charge in [0.1, 0.15) is 5.82 Å². The maximum atomic E-state index is 13.5. The van der Waals surface area contributed by atoms with Gasteiger partial charge in [0.25, 0.3) is 5.91 Å². The highest BCUT2D eigenvalue weighted by atomic mass is 19.1. The molecule has 0 atom stereocenters. The summed E-state index contributed by atoms with van der Waals surface area (Å²) in [4.78, 5) is 35.2. The number of carbonyl (C=O) groups is 3. The molecule has 0 bridgehead atoms. The molecule has 0 aliphatic heterocycles. The molecule has 0 unspecified atom stereocenters. The molecule has 6 nitrogen and oxygen atoms in total. The summed E-state index contributed by atoms with van der Waals surface area (Å²) in [6, 6.07) is 10.5. The van der Waals surface area contributed by atoms with Crippen molar-refractivity contribution in [1.29, 1.82) is 0 Å². The van der Waals surface area contributed by atoms with Crippen molar-refractivity contribution in [3.05, 3.63) is 65.0 Å². The smallest absolute Gasteiger partial charge is 0.337 e. The maximum absolute atomic E-state index is 13.5. The molecule has 2 aromatic carbocycles. The fourth-order valence-electron chi connectivity index (χ4n) is 2.18. The number of rotatable bonds is 6. The molecule has 26 heavy (non-hydrogen) atoms. The lowest BCUT2D eigenvalue weighted by Gasteiger charge is -2.10. The molecule has 0 saturated carbocycles. The van der Waals surface area contributed by atoms with Gasteiger partial charge in [-0.15, -0.1) is 0 Å². The Balaban J connectivity index is 1.92. The molecule has 0 aliphatic carbocycles. The first-order chi connectivity index (χ1) is 12.4. The van der Waals surface area contributed by atoms with Crippen LogP contribution in [0.1, 0.15) is 21.5 Å². The third-order valence-corrected chi connectivity index (χ3v) is 3.59. The minimum absolute atomic E-state index is 0.194. The predicted octanol–water partition coefficient (Wildman–Crippen LogP) is 2.65. The van der Waals surface area contributed by atoms with Gasteiger partial charge < -0.3 is 14.8 Å². The van der Waals surface area contributed by atoms with Crippen LogP contribution in [0.3, 0.4) is 0 Å². The van der Waals surface area contributed by atoms with E-state index in [2.05, 4.69) is 10.1 Å². The molecular weight excluding hydrogens is 341 g/mol. The molecule has 0 spiro atoms. The van der Waals surface area contributed by atoms with E-state index in [-0.39, 0.29) is 17.5 Å². The van der Waals surface area contributed by atoms with E-state index in [9.17, 15) is 18.8 Å². The summed E-state index contributed by atoms with van der Waals surface area (Å²) in [6.07, 6.45) is -0.267. The lowest BCUT2D eigenvalue weighted by molar-refractivity contribution is -0.146. The van der Waals surface area contributed by atoms with Crippen LogP contribution in [-0.4, -0.2) is 31.6 Å². The van der Waals surface area contributed by atoms with Gasteiger partial charge in [-0.05, 0) is 36.2 Å². The number of benzene rings is 2. The molecule has 0 fully saturated rings. The average Bonchev–Trinajstić information content (AvgIpc) is 2.63. The van der Waals surface area contributed by atoms with E-state index in [1.165, 1.54) is 31.4 Å². The number of nitrogens with one attached hydrogen (secondary N) is 1. The van der Waals surface area contributed by atoms with E-state index in [1.54, 1.807) is 25.1 Å². The Morgan fingerprint density at radius 2 is 1.85 bits per heavy atom. The van der Waals surface area contributed by atoms with Crippen molar-refractivity contribution in [3.8, 4) is 0 Å². The van der Waals surface area contributed by atoms with E-state index in [4.69, 9.17) is 4.74 Å². The lowest BCUT2D eigenvalue weighted by Crippen LogP contribution is -2.22. The Morgan fingerprint density at radius 3 is 2.54 bits per heavy atom. The zero-order valence-electron chi connectivity index (χ0n) is 14.4. The van der Waals surface area contributed by atoms with Gasteiger partial charge in [-0.3, -0.25) is 9.59 Å². The molecular formula is C19H18FNO5. The van der Waals surface area contributed by atoms with Crippen molar-refractivity contribution >= 4 is 23.5 Å². The van der Waals surface area contributed by atoms with Crippen LogP contribution >= 0.6 is 0 Å². The van der Waals surface area contributed by atoms with Crippen LogP contribution in [0, 0.1) is 12.7 Å². The van der Waals surface area contributed by atoms with Gasteiger partial charge >= 0.3 is 11.9 Å². The van der Waals surface area contributed by atoms with E-state index in [0.29, 0.717) is 5.69 Å². The van der Waals surface area contributed by atoms with Crippen molar-refractivity contribution in [2.24, 2.45) is 0 Å². The summed E-state index contributed by atoms with van der Waals surface area (Å²) in [6.45, 7) is 1.23. The summed E-state index contributed by atoms with van der Waals surface area (Å²) in [5.74, 6) is -2.33. The first kappa shape index (κ1) is 19.1. The molecule has 0 aromatic heterocycles. The number of methoxy groups -OCH3 is 1. The van der Waals surface area contributed by atoms with E-state index >= 15 is 0 Å². The Bertz CT molecular complexity index is 834. The number of halogens is 1. The van der Waals surface area contributed by atoms with Gasteiger partial charge in [0.15, 0.2) is 6.61 Å². The third-order valence-electron chi connectivity index (χ3n) is 3.59. The molecule has 0 radical (unpaired) electrons. The molecule has 0 heterocycles. The standard InChI is InChI=1S/C19H18FNO5/c1-12-7-8-14(19(24)25-2)9-16(12)21-17(22)11-26-18(23)10-13-5-3-4-6-15(13)20/h3-9H,10-11H2,1-2H3,(H,21,22). The highest BCUT2D eigenvalue weighted by Crippen LogP contribution is 2.17. The fourth-order valence-corrected chi connectivity index (χ4v) is 2.18. The number of amides is 1. The van der Waals surface area contributed by atoms with Crippen LogP contribution in [0.5, 0.6) is 0 Å². The van der Waals surface area contributed by atoms with Gasteiger partial charge in [-0.1, -0.05) is 24.3 Å². The molecule has 0 saturated heterocycles. The molecule has 1 N–H and O–H groups in total. The Morgan fingerprint density at radius 1 is 1.12 bits per heavy atom. The van der Waals surface area contributed by atoms with E-state index in [1.807, 2.05) is 0 Å². The number of hydrogen-bond acceptors (Lipinski definition) is 5. The highest BCUT2D eigenvalue weighted by Gasteiger charge is 2.13. The van der Waals surface area contributed by atoms with Gasteiger partial charge in [-0.25, -0.2) is 9.18 Å². The Labute approximate surface area is 149 Å². The van der Waals surface area contributed by atoms with E-state index in [0.717, 1.165) is 5.56 Å². The van der Waals surface area contributed by atoms with Gasteiger partial charge in [0, 0.05) is 5.69 Å². The summed E-state index contributed by atoms with van der Waals surface area (Å²) in [7, 11) is 1.26. The van der Waals surface area contributed by atoms with Crippen LogP contribution in [0.25, 0.3) is 0 Å². The van der Waals surface area contributed by atoms with Crippen LogP contribution in [0.2, 0.25) is 0 Å². The fraction of sp³-hybridized carbons (Fsp3) is 0.211. The number of hydrogen-bond donors (Lipinski definition) is 1. The molecule has 2 aromatic rings. The minimum Gasteiger partial charge on any atom is -0.465 e. The second-order valence-electron chi connectivity index (χ2n) is 5.50. The van der Waals surface area contributed by atoms with Crippen molar-refractivity contribution in [2.75, 3.05) is 19.0 Å². The summed E-state index contributed by atoms with van der Waals surface area (Å²) in [5.41, 5.74) is 1.61. The topological polar surface area (TPSA) is 81.7 Å². The van der Waals surface area contributed by atoms with Crippen molar-refractivity contribution in [3.63, 3.8) is 0 Å². The second kappa shape index (κ2) is 8.75. The predicted molar refractivity (Wildman–Crippen MR) is 92.2 cm³/mol. The number of anilines is 1. The normalized spacial score (nSPS) is 10.1. The van der Waals surface area contributed by atoms with Gasteiger partial charge in [0.05, 0.1) is 19.1 Å². The molecule has 7 heteroatoms. The van der Waals surface area contributed by atoms with Crippen LogP contribution < -0.4 is 5.32 Å². The summed E-state index contributed by atoms with van der Waals surface area (Å²) < 4.78 is 23.0. The first-order valence-electron chi connectivity index (χ1n) is 7.78. The maximum Gasteiger partial charge on any atom is 0.337 e. The number of carbonyl (C=O) groups excluding carboxylic acids is 3. The zero-order chi connectivity index (χ0) is 19.1. The largest absolute Gasteiger partial charge is 0.465 e. The van der Waals surface area contributed by atoms with Gasteiger partial charge in [-0.2, -0.15) is 0 Å². The second-order valence-corrected chi connectivity index (χ2v) is 5.50. The molecule has 1 amide bonds. The summed E-state index contributed by atoms with van der Waals surface area (Å²) >= 11 is 0. The zero-order valence-corrected chi connectivity index (χ0v) is 14.4. The number of esters is 2. The van der Waals surface area contributed by atoms with Crippen molar-refractivity contribution in [1.82, 2.24) is 0 Å². The van der Waals surface area contributed by atoms with Crippen LogP contribution in [-0.2, 0) is 25.5 Å². The van der Waals surface area contributed by atoms with Crippen molar-refractivity contribution in [2.45, 2.75) is 13.3 Å². The number of aryl methyl sites for hydroxylation is 1. The van der Waals surface area contributed by atoms with E-state index < -0.39 is 30.3 Å². The van der Waals surface area contributed by atoms with Crippen LogP contribution in [0.4, 0.5) is 10.1 Å². The third kappa shape index (κ3) is 5.14. The number of ether oxygens (including phenoxy) is 2. The van der Waals surface area contributed by atoms with Gasteiger partial charge in [0.2, 0.25) is 0 Å². The average molecular weight is 359 g/mol. The van der Waals surface area contributed by atoms with Crippen LogP contribution in [0.15, 0.2) is 42.5 Å². The first-order valence-corrected chi connectivity index (χ1v) is 7.78. The molecule has 0 aliphatic rings. The van der Waals surface area contributed by atoms with Crippen molar-refractivity contribution < 1.29 is 28.2 Å². The minimum atomic E-state index is -0.717. The molecule has 2 rings (SSSR count). The SMILES string of the molecule is COC(=O)c1ccc(C)c(NC(=O)COC(=O)Cc2ccccc2F)c1.